The van der Waals surface area contributed by atoms with Crippen LogP contribution in [0.1, 0.15) is 6.92 Å². The first-order chi connectivity index (χ1) is 10.2. The Morgan fingerprint density at radius 3 is 2.67 bits per heavy atom. The van der Waals surface area contributed by atoms with E-state index < -0.39 is 6.09 Å². The first kappa shape index (κ1) is 14.4. The fourth-order valence-electron chi connectivity index (χ4n) is 1.50. The monoisotopic (exact) mass is 285 g/mol. The Kier molecular flexibility index (Phi) is 4.81. The van der Waals surface area contributed by atoms with Gasteiger partial charge in [0.15, 0.2) is 5.82 Å². The molecule has 0 radical (unpaired) electrons. The van der Waals surface area contributed by atoms with Crippen LogP contribution in [0.5, 0.6) is 0 Å². The van der Waals surface area contributed by atoms with E-state index >= 15 is 0 Å². The summed E-state index contributed by atoms with van der Waals surface area (Å²) in [5.41, 5.74) is 6.92. The first-order valence-corrected chi connectivity index (χ1v) is 6.36. The minimum atomic E-state index is -0.580. The third-order valence-electron chi connectivity index (χ3n) is 2.44. The number of carbonyl (C=O) groups is 1. The Balaban J connectivity index is 2.09. The second-order valence-electron chi connectivity index (χ2n) is 3.98. The van der Waals surface area contributed by atoms with E-state index in [1.165, 1.54) is 0 Å². The van der Waals surface area contributed by atoms with Crippen LogP contribution < -0.4 is 11.1 Å². The third kappa shape index (κ3) is 4.27. The van der Waals surface area contributed by atoms with Crippen LogP contribution in [-0.4, -0.2) is 17.7 Å². The highest BCUT2D eigenvalue weighted by atomic mass is 16.5. The van der Waals surface area contributed by atoms with Crippen molar-refractivity contribution >= 4 is 29.1 Å². The predicted molar refractivity (Wildman–Crippen MR) is 79.9 cm³/mol. The van der Waals surface area contributed by atoms with Crippen molar-refractivity contribution in [2.75, 3.05) is 17.7 Å². The SMILES string of the molecule is CCOC(=O)Nc1ccc(/N=N/c2ccccc2)c(N)n1. The molecule has 1 amide bonds. The number of azo groups is 1. The van der Waals surface area contributed by atoms with Crippen molar-refractivity contribution < 1.29 is 9.53 Å². The molecule has 2 rings (SSSR count). The minimum Gasteiger partial charge on any atom is -0.450 e. The molecule has 0 fully saturated rings. The molecule has 1 aromatic heterocycles. The van der Waals surface area contributed by atoms with Crippen molar-refractivity contribution in [1.82, 2.24) is 4.98 Å². The molecule has 0 bridgehead atoms. The van der Waals surface area contributed by atoms with E-state index in [0.717, 1.165) is 0 Å². The van der Waals surface area contributed by atoms with E-state index in [1.807, 2.05) is 30.3 Å². The summed E-state index contributed by atoms with van der Waals surface area (Å²) in [5, 5.41) is 10.5. The number of anilines is 2. The fraction of sp³-hybridized carbons (Fsp3) is 0.143. The molecule has 0 aliphatic carbocycles. The van der Waals surface area contributed by atoms with Gasteiger partial charge in [-0.05, 0) is 31.2 Å². The Labute approximate surface area is 121 Å². The molecule has 3 N–H and O–H groups in total. The van der Waals surface area contributed by atoms with Gasteiger partial charge in [-0.2, -0.15) is 5.11 Å². The quantitative estimate of drug-likeness (QED) is 0.837. The number of hydrogen-bond acceptors (Lipinski definition) is 6. The van der Waals surface area contributed by atoms with Gasteiger partial charge in [0.2, 0.25) is 0 Å². The van der Waals surface area contributed by atoms with Crippen molar-refractivity contribution in [3.8, 4) is 0 Å². The summed E-state index contributed by atoms with van der Waals surface area (Å²) in [6.45, 7) is 2.00. The summed E-state index contributed by atoms with van der Waals surface area (Å²) in [4.78, 5) is 15.3. The summed E-state index contributed by atoms with van der Waals surface area (Å²) >= 11 is 0. The number of amides is 1. The molecule has 108 valence electrons. The molecule has 0 unspecified atom stereocenters. The van der Waals surface area contributed by atoms with Gasteiger partial charge in [-0.15, -0.1) is 5.11 Å². The van der Waals surface area contributed by atoms with Gasteiger partial charge in [-0.25, -0.2) is 9.78 Å². The molecule has 2 aromatic rings. The van der Waals surface area contributed by atoms with E-state index in [1.54, 1.807) is 19.1 Å². The standard InChI is InChI=1S/C14H15N5O2/c1-2-21-14(20)17-12-9-8-11(13(15)16-12)19-18-10-6-4-3-5-7-10/h3-9H,2H2,1H3,(H3,15,16,17,20)/b19-18+. The van der Waals surface area contributed by atoms with Crippen molar-refractivity contribution in [3.05, 3.63) is 42.5 Å². The number of carbonyl (C=O) groups excluding carboxylic acids is 1. The van der Waals surface area contributed by atoms with E-state index in [4.69, 9.17) is 10.5 Å². The zero-order valence-electron chi connectivity index (χ0n) is 11.5. The van der Waals surface area contributed by atoms with Crippen LogP contribution in [-0.2, 0) is 4.74 Å². The van der Waals surface area contributed by atoms with Gasteiger partial charge in [0.25, 0.3) is 0 Å². The van der Waals surface area contributed by atoms with Crippen LogP contribution in [0.3, 0.4) is 0 Å². The number of aromatic nitrogens is 1. The molecule has 0 saturated heterocycles. The summed E-state index contributed by atoms with van der Waals surface area (Å²) < 4.78 is 4.75. The lowest BCUT2D eigenvalue weighted by atomic mass is 10.3. The van der Waals surface area contributed by atoms with Crippen LogP contribution in [0.2, 0.25) is 0 Å². The summed E-state index contributed by atoms with van der Waals surface area (Å²) in [6, 6.07) is 12.5. The second kappa shape index (κ2) is 6.99. The zero-order chi connectivity index (χ0) is 15.1. The molecule has 0 aliphatic heterocycles. The maximum Gasteiger partial charge on any atom is 0.412 e. The molecule has 0 aliphatic rings. The fourth-order valence-corrected chi connectivity index (χ4v) is 1.50. The van der Waals surface area contributed by atoms with Crippen molar-refractivity contribution in [2.24, 2.45) is 10.2 Å². The molecule has 21 heavy (non-hydrogen) atoms. The van der Waals surface area contributed by atoms with Crippen LogP contribution in [0.25, 0.3) is 0 Å². The molecule has 1 heterocycles. The molecular formula is C14H15N5O2. The number of nitrogen functional groups attached to an aromatic ring is 1. The molecule has 0 spiro atoms. The maximum absolute atomic E-state index is 11.3. The third-order valence-corrected chi connectivity index (χ3v) is 2.44. The number of nitrogens with two attached hydrogens (primary N) is 1. The minimum absolute atomic E-state index is 0.170. The Morgan fingerprint density at radius 1 is 1.24 bits per heavy atom. The number of hydrogen-bond donors (Lipinski definition) is 2. The average molecular weight is 285 g/mol. The van der Waals surface area contributed by atoms with Crippen LogP contribution in [0.15, 0.2) is 52.7 Å². The van der Waals surface area contributed by atoms with E-state index in [2.05, 4.69) is 20.5 Å². The Bertz CT molecular complexity index is 643. The van der Waals surface area contributed by atoms with Crippen LogP contribution >= 0.6 is 0 Å². The van der Waals surface area contributed by atoms with Gasteiger partial charge in [-0.3, -0.25) is 5.32 Å². The van der Waals surface area contributed by atoms with Gasteiger partial charge in [0.1, 0.15) is 11.5 Å². The van der Waals surface area contributed by atoms with Crippen molar-refractivity contribution in [1.29, 1.82) is 0 Å². The molecule has 0 saturated carbocycles. The topological polar surface area (TPSA) is 102 Å². The number of benzene rings is 1. The normalized spacial score (nSPS) is 10.5. The number of pyridine rings is 1. The van der Waals surface area contributed by atoms with Gasteiger partial charge >= 0.3 is 6.09 Å². The lowest BCUT2D eigenvalue weighted by Gasteiger charge is -2.05. The van der Waals surface area contributed by atoms with Crippen LogP contribution in [0.4, 0.5) is 27.8 Å². The Morgan fingerprint density at radius 2 is 2.00 bits per heavy atom. The second-order valence-corrected chi connectivity index (χ2v) is 3.98. The number of nitrogens with zero attached hydrogens (tertiary/aromatic N) is 3. The largest absolute Gasteiger partial charge is 0.450 e. The molecule has 7 nitrogen and oxygen atoms in total. The predicted octanol–water partition coefficient (Wildman–Crippen LogP) is 3.65. The van der Waals surface area contributed by atoms with Crippen molar-refractivity contribution in [2.45, 2.75) is 6.92 Å². The number of ether oxygens (including phenoxy) is 1. The maximum atomic E-state index is 11.3. The summed E-state index contributed by atoms with van der Waals surface area (Å²) in [7, 11) is 0. The smallest absolute Gasteiger partial charge is 0.412 e. The van der Waals surface area contributed by atoms with Gasteiger partial charge < -0.3 is 10.5 Å². The van der Waals surface area contributed by atoms with Gasteiger partial charge in [0, 0.05) is 0 Å². The average Bonchev–Trinajstić information content (AvgIpc) is 2.48. The zero-order valence-corrected chi connectivity index (χ0v) is 11.5. The van der Waals surface area contributed by atoms with E-state index in [0.29, 0.717) is 17.2 Å². The lowest BCUT2D eigenvalue weighted by molar-refractivity contribution is 0.168. The summed E-state index contributed by atoms with van der Waals surface area (Å²) in [5.74, 6) is 0.466. The highest BCUT2D eigenvalue weighted by Gasteiger charge is 2.06. The van der Waals surface area contributed by atoms with Gasteiger partial charge in [-0.1, -0.05) is 18.2 Å². The van der Waals surface area contributed by atoms with E-state index in [9.17, 15) is 4.79 Å². The van der Waals surface area contributed by atoms with Crippen molar-refractivity contribution in [3.63, 3.8) is 0 Å². The van der Waals surface area contributed by atoms with Gasteiger partial charge in [0.05, 0.1) is 12.3 Å². The number of rotatable bonds is 4. The summed E-state index contributed by atoms with van der Waals surface area (Å²) in [6.07, 6.45) is -0.580. The molecule has 7 heteroatoms. The molecule has 0 atom stereocenters. The van der Waals surface area contributed by atoms with E-state index in [-0.39, 0.29) is 12.4 Å². The number of nitrogens with one attached hydrogen (secondary N) is 1. The highest BCUT2D eigenvalue weighted by Crippen LogP contribution is 2.24. The first-order valence-electron chi connectivity index (χ1n) is 6.36. The Hall–Kier alpha value is -2.96. The lowest BCUT2D eigenvalue weighted by Crippen LogP contribution is -2.14. The van der Waals surface area contributed by atoms with Crippen LogP contribution in [0, 0.1) is 0 Å². The highest BCUT2D eigenvalue weighted by molar-refractivity contribution is 5.84. The molecule has 1 aromatic carbocycles. The molecular weight excluding hydrogens is 270 g/mol.